The summed E-state index contributed by atoms with van der Waals surface area (Å²) in [4.78, 5) is 0. The van der Waals surface area contributed by atoms with E-state index < -0.39 is 0 Å². The van der Waals surface area contributed by atoms with E-state index in [2.05, 4.69) is 67.6 Å². The van der Waals surface area contributed by atoms with Gasteiger partial charge in [-0.2, -0.15) is 0 Å². The molecule has 1 aromatic rings. The monoisotopic (exact) mass is 239 g/mol. The van der Waals surface area contributed by atoms with Crippen LogP contribution in [0.4, 0.5) is 0 Å². The maximum Gasteiger partial charge on any atom is 0.0102 e. The Morgan fingerprint density at radius 3 is 2.72 bits per heavy atom. The molecule has 2 N–H and O–H groups in total. The van der Waals surface area contributed by atoms with E-state index in [9.17, 15) is 0 Å². The van der Waals surface area contributed by atoms with E-state index in [1.165, 1.54) is 5.56 Å². The molecule has 2 unspecified atom stereocenters. The first-order chi connectivity index (χ1) is 8.74. The fraction of sp³-hybridized carbons (Fsp3) is 0.294. The molecule has 1 aromatic carbocycles. The van der Waals surface area contributed by atoms with Crippen LogP contribution in [0.25, 0.3) is 6.08 Å². The lowest BCUT2D eigenvalue weighted by Crippen LogP contribution is -2.25. The van der Waals surface area contributed by atoms with Crippen LogP contribution in [-0.2, 0) is 0 Å². The van der Waals surface area contributed by atoms with E-state index >= 15 is 0 Å². The molecular formula is C17H21N. The third-order valence-electron chi connectivity index (χ3n) is 3.62. The van der Waals surface area contributed by atoms with Gasteiger partial charge in [-0.3, -0.25) is 0 Å². The largest absolute Gasteiger partial charge is 0.330 e. The Morgan fingerprint density at radius 1 is 1.22 bits per heavy atom. The molecule has 0 aliphatic heterocycles. The van der Waals surface area contributed by atoms with Gasteiger partial charge in [-0.05, 0) is 24.4 Å². The Kier molecular flexibility index (Phi) is 4.16. The van der Waals surface area contributed by atoms with Crippen molar-refractivity contribution in [3.8, 4) is 0 Å². The fourth-order valence-electron chi connectivity index (χ4n) is 2.40. The van der Waals surface area contributed by atoms with Crippen LogP contribution in [0.1, 0.15) is 18.9 Å². The molecule has 0 aromatic heterocycles. The summed E-state index contributed by atoms with van der Waals surface area (Å²) in [6, 6.07) is 10.4. The van der Waals surface area contributed by atoms with Gasteiger partial charge in [0.05, 0.1) is 0 Å². The standard InChI is InChI=1S/C17H21N/c1-17(12-6-5-9-16(17)11-14-18)13-10-15-7-3-2-4-8-15/h2-10,12-13,16H,11,14,18H2,1H3/b13-10+. The highest BCUT2D eigenvalue weighted by Crippen LogP contribution is 2.37. The van der Waals surface area contributed by atoms with Crippen molar-refractivity contribution >= 4 is 6.08 Å². The van der Waals surface area contributed by atoms with Gasteiger partial charge in [-0.1, -0.05) is 73.7 Å². The lowest BCUT2D eigenvalue weighted by atomic mass is 9.72. The molecule has 0 radical (unpaired) electrons. The molecule has 94 valence electrons. The Balaban J connectivity index is 2.17. The lowest BCUT2D eigenvalue weighted by Gasteiger charge is -2.32. The Bertz CT molecular complexity index is 456. The number of rotatable bonds is 4. The van der Waals surface area contributed by atoms with Crippen molar-refractivity contribution in [3.05, 3.63) is 66.3 Å². The lowest BCUT2D eigenvalue weighted by molar-refractivity contribution is 0.372. The molecule has 18 heavy (non-hydrogen) atoms. The minimum absolute atomic E-state index is 0.0734. The summed E-state index contributed by atoms with van der Waals surface area (Å²) in [6.07, 6.45) is 14.3. The van der Waals surface area contributed by atoms with Crippen molar-refractivity contribution in [1.29, 1.82) is 0 Å². The zero-order valence-electron chi connectivity index (χ0n) is 10.9. The Morgan fingerprint density at radius 2 is 2.00 bits per heavy atom. The number of nitrogens with two attached hydrogens (primary N) is 1. The van der Waals surface area contributed by atoms with Crippen LogP contribution in [0, 0.1) is 11.3 Å². The van der Waals surface area contributed by atoms with Crippen LogP contribution < -0.4 is 5.73 Å². The molecule has 2 rings (SSSR count). The average Bonchev–Trinajstić information content (AvgIpc) is 2.41. The van der Waals surface area contributed by atoms with E-state index in [1.54, 1.807) is 0 Å². The minimum atomic E-state index is 0.0734. The van der Waals surface area contributed by atoms with Crippen molar-refractivity contribution in [2.75, 3.05) is 6.54 Å². The van der Waals surface area contributed by atoms with Gasteiger partial charge in [0.1, 0.15) is 0 Å². The van der Waals surface area contributed by atoms with Crippen LogP contribution in [0.3, 0.4) is 0 Å². The summed E-state index contributed by atoms with van der Waals surface area (Å²) in [5.74, 6) is 0.493. The first-order valence-electron chi connectivity index (χ1n) is 6.55. The van der Waals surface area contributed by atoms with Crippen molar-refractivity contribution in [2.45, 2.75) is 13.3 Å². The number of benzene rings is 1. The molecule has 1 aliphatic carbocycles. The summed E-state index contributed by atoms with van der Waals surface area (Å²) < 4.78 is 0. The molecule has 1 nitrogen and oxygen atoms in total. The van der Waals surface area contributed by atoms with Gasteiger partial charge < -0.3 is 5.73 Å². The number of hydrogen-bond acceptors (Lipinski definition) is 1. The van der Waals surface area contributed by atoms with E-state index in [-0.39, 0.29) is 5.41 Å². The van der Waals surface area contributed by atoms with E-state index in [0.717, 1.165) is 13.0 Å². The Labute approximate surface area is 110 Å². The SMILES string of the molecule is CC1(/C=C/c2ccccc2)C=CC=CC1CCN. The topological polar surface area (TPSA) is 26.0 Å². The number of allylic oxidation sites excluding steroid dienone is 5. The van der Waals surface area contributed by atoms with Crippen molar-refractivity contribution in [1.82, 2.24) is 0 Å². The highest BCUT2D eigenvalue weighted by atomic mass is 14.5. The first kappa shape index (κ1) is 12.8. The second-order valence-electron chi connectivity index (χ2n) is 5.04. The predicted octanol–water partition coefficient (Wildman–Crippen LogP) is 3.80. The third kappa shape index (κ3) is 2.99. The molecule has 1 aliphatic rings. The summed E-state index contributed by atoms with van der Waals surface area (Å²) in [5.41, 5.74) is 7.02. The summed E-state index contributed by atoms with van der Waals surface area (Å²) in [6.45, 7) is 3.00. The highest BCUT2D eigenvalue weighted by molar-refractivity contribution is 5.51. The normalized spacial score (nSPS) is 26.9. The van der Waals surface area contributed by atoms with E-state index in [1.807, 2.05) is 6.07 Å². The third-order valence-corrected chi connectivity index (χ3v) is 3.62. The second kappa shape index (κ2) is 5.83. The van der Waals surface area contributed by atoms with Crippen LogP contribution in [0.5, 0.6) is 0 Å². The maximum absolute atomic E-state index is 5.71. The summed E-state index contributed by atoms with van der Waals surface area (Å²) in [5, 5.41) is 0. The fourth-order valence-corrected chi connectivity index (χ4v) is 2.40. The minimum Gasteiger partial charge on any atom is -0.330 e. The van der Waals surface area contributed by atoms with E-state index in [4.69, 9.17) is 5.73 Å². The summed E-state index contributed by atoms with van der Waals surface area (Å²) in [7, 11) is 0. The van der Waals surface area contributed by atoms with Crippen molar-refractivity contribution < 1.29 is 0 Å². The van der Waals surface area contributed by atoms with Gasteiger partial charge in [0.15, 0.2) is 0 Å². The van der Waals surface area contributed by atoms with Gasteiger partial charge in [0.2, 0.25) is 0 Å². The zero-order chi connectivity index (χ0) is 12.8. The highest BCUT2D eigenvalue weighted by Gasteiger charge is 2.27. The molecule has 0 spiro atoms. The molecule has 2 atom stereocenters. The molecular weight excluding hydrogens is 218 g/mol. The second-order valence-corrected chi connectivity index (χ2v) is 5.04. The molecule has 0 bridgehead atoms. The van der Waals surface area contributed by atoms with Gasteiger partial charge in [-0.15, -0.1) is 0 Å². The molecule has 0 fully saturated rings. The molecule has 0 saturated carbocycles. The smallest absolute Gasteiger partial charge is 0.0102 e. The van der Waals surface area contributed by atoms with Crippen molar-refractivity contribution in [2.24, 2.45) is 17.1 Å². The molecule has 0 heterocycles. The van der Waals surface area contributed by atoms with Crippen LogP contribution in [0.2, 0.25) is 0 Å². The van der Waals surface area contributed by atoms with E-state index in [0.29, 0.717) is 5.92 Å². The maximum atomic E-state index is 5.71. The summed E-state index contributed by atoms with van der Waals surface area (Å²) >= 11 is 0. The van der Waals surface area contributed by atoms with Gasteiger partial charge >= 0.3 is 0 Å². The van der Waals surface area contributed by atoms with Crippen molar-refractivity contribution in [3.63, 3.8) is 0 Å². The van der Waals surface area contributed by atoms with Crippen LogP contribution in [0.15, 0.2) is 60.7 Å². The first-order valence-corrected chi connectivity index (χ1v) is 6.55. The van der Waals surface area contributed by atoms with Gasteiger partial charge in [0, 0.05) is 5.41 Å². The average molecular weight is 239 g/mol. The Hall–Kier alpha value is -1.60. The zero-order valence-corrected chi connectivity index (χ0v) is 10.9. The van der Waals surface area contributed by atoms with Gasteiger partial charge in [0.25, 0.3) is 0 Å². The van der Waals surface area contributed by atoms with Gasteiger partial charge in [-0.25, -0.2) is 0 Å². The quantitative estimate of drug-likeness (QED) is 0.849. The van der Waals surface area contributed by atoms with Crippen LogP contribution in [-0.4, -0.2) is 6.54 Å². The predicted molar refractivity (Wildman–Crippen MR) is 79.0 cm³/mol. The molecule has 0 amide bonds. The number of hydrogen-bond donors (Lipinski definition) is 1. The van der Waals surface area contributed by atoms with Crippen LogP contribution >= 0.6 is 0 Å². The molecule has 0 saturated heterocycles. The molecule has 1 heteroatoms.